The minimum Gasteiger partial charge on any atom is -0.436 e. The third-order valence-corrected chi connectivity index (χ3v) is 5.86. The summed E-state index contributed by atoms with van der Waals surface area (Å²) in [5.41, 5.74) is 1.64. The number of carbonyl (C=O) groups is 2. The highest BCUT2D eigenvalue weighted by Gasteiger charge is 2.40. The van der Waals surface area contributed by atoms with E-state index in [4.69, 9.17) is 4.42 Å². The molecule has 0 saturated carbocycles. The molecule has 4 heterocycles. The highest BCUT2D eigenvalue weighted by molar-refractivity contribution is 5.92. The highest BCUT2D eigenvalue weighted by Crippen LogP contribution is 2.32. The molecule has 7 heteroatoms. The summed E-state index contributed by atoms with van der Waals surface area (Å²) in [6.45, 7) is 5.53. The molecule has 28 heavy (non-hydrogen) atoms. The van der Waals surface area contributed by atoms with Crippen LogP contribution >= 0.6 is 0 Å². The third kappa shape index (κ3) is 3.66. The molecular weight excluding hydrogens is 356 g/mol. The van der Waals surface area contributed by atoms with Crippen LogP contribution in [0.3, 0.4) is 0 Å². The average Bonchev–Trinajstić information content (AvgIpc) is 3.05. The zero-order chi connectivity index (χ0) is 19.7. The number of hydrogen-bond donors (Lipinski definition) is 0. The molecular formula is C21H26N4O3. The lowest BCUT2D eigenvalue weighted by Gasteiger charge is -2.47. The van der Waals surface area contributed by atoms with E-state index < -0.39 is 0 Å². The van der Waals surface area contributed by atoms with E-state index in [1.165, 1.54) is 0 Å². The predicted molar refractivity (Wildman–Crippen MR) is 103 cm³/mol. The molecule has 2 aromatic rings. The molecule has 0 N–H and O–H groups in total. The molecule has 2 saturated heterocycles. The molecule has 0 bridgehead atoms. The summed E-state index contributed by atoms with van der Waals surface area (Å²) < 4.78 is 5.52. The highest BCUT2D eigenvalue weighted by atomic mass is 16.4. The molecule has 0 aliphatic carbocycles. The Hall–Kier alpha value is -2.70. The third-order valence-electron chi connectivity index (χ3n) is 5.86. The number of rotatable bonds is 4. The molecule has 0 radical (unpaired) electrons. The van der Waals surface area contributed by atoms with Crippen LogP contribution in [0.4, 0.5) is 0 Å². The van der Waals surface area contributed by atoms with E-state index in [1.807, 2.05) is 28.0 Å². The van der Waals surface area contributed by atoms with E-state index in [1.54, 1.807) is 20.0 Å². The number of amides is 2. The van der Waals surface area contributed by atoms with Crippen LogP contribution in [0.25, 0.3) is 0 Å². The van der Waals surface area contributed by atoms with Gasteiger partial charge in [-0.15, -0.1) is 0 Å². The SMILES string of the molecule is Cc1nc(C)c(C(=O)N2CC[C@@H]3[C@@H](CCC(=O)N3CCc3ccccn3)C2)o1. The number of oxazole rings is 1. The first-order valence-corrected chi connectivity index (χ1v) is 9.95. The lowest BCUT2D eigenvalue weighted by Crippen LogP contribution is -2.57. The Balaban J connectivity index is 1.42. The van der Waals surface area contributed by atoms with Gasteiger partial charge in [0, 0.05) is 57.3 Å². The van der Waals surface area contributed by atoms with Gasteiger partial charge in [-0.2, -0.15) is 0 Å². The number of fused-ring (bicyclic) bond motifs is 1. The molecule has 7 nitrogen and oxygen atoms in total. The Bertz CT molecular complexity index is 864. The van der Waals surface area contributed by atoms with E-state index in [-0.39, 0.29) is 17.9 Å². The number of pyridine rings is 1. The topological polar surface area (TPSA) is 79.5 Å². The van der Waals surface area contributed by atoms with Gasteiger partial charge in [0.1, 0.15) is 0 Å². The van der Waals surface area contributed by atoms with Gasteiger partial charge in [0.2, 0.25) is 11.7 Å². The van der Waals surface area contributed by atoms with E-state index in [0.717, 1.165) is 25.0 Å². The summed E-state index contributed by atoms with van der Waals surface area (Å²) >= 11 is 0. The summed E-state index contributed by atoms with van der Waals surface area (Å²) in [5.74, 6) is 1.30. The maximum atomic E-state index is 12.9. The largest absolute Gasteiger partial charge is 0.436 e. The maximum absolute atomic E-state index is 12.9. The van der Waals surface area contributed by atoms with Crippen molar-refractivity contribution in [1.29, 1.82) is 0 Å². The van der Waals surface area contributed by atoms with Gasteiger partial charge in [0.25, 0.3) is 5.91 Å². The normalized spacial score (nSPS) is 22.3. The number of aromatic nitrogens is 2. The van der Waals surface area contributed by atoms with Crippen LogP contribution in [0, 0.1) is 19.8 Å². The second-order valence-corrected chi connectivity index (χ2v) is 7.71. The quantitative estimate of drug-likeness (QED) is 0.811. The van der Waals surface area contributed by atoms with Crippen molar-refractivity contribution in [3.05, 3.63) is 47.4 Å². The number of hydrogen-bond acceptors (Lipinski definition) is 5. The predicted octanol–water partition coefficient (Wildman–Crippen LogP) is 2.38. The Morgan fingerprint density at radius 2 is 2.14 bits per heavy atom. The van der Waals surface area contributed by atoms with Crippen molar-refractivity contribution in [2.45, 2.75) is 45.6 Å². The molecule has 4 rings (SSSR count). The van der Waals surface area contributed by atoms with Crippen molar-refractivity contribution >= 4 is 11.8 Å². The Morgan fingerprint density at radius 3 is 2.86 bits per heavy atom. The zero-order valence-corrected chi connectivity index (χ0v) is 16.4. The number of likely N-dealkylation sites (tertiary alicyclic amines) is 2. The standard InChI is InChI=1S/C21H26N4O3/c1-14-20(28-15(2)23-14)21(27)24-11-9-18-16(13-24)6-7-19(26)25(18)12-8-17-5-3-4-10-22-17/h3-5,10,16,18H,6-9,11-13H2,1-2H3/t16-,18+/m0/s1. The van der Waals surface area contributed by atoms with Crippen molar-refractivity contribution in [1.82, 2.24) is 19.8 Å². The van der Waals surface area contributed by atoms with Gasteiger partial charge in [-0.3, -0.25) is 14.6 Å². The molecule has 2 aliphatic rings. The first-order valence-electron chi connectivity index (χ1n) is 9.95. The number of nitrogens with zero attached hydrogens (tertiary/aromatic N) is 4. The van der Waals surface area contributed by atoms with Crippen LogP contribution in [-0.2, 0) is 11.2 Å². The minimum atomic E-state index is -0.0894. The smallest absolute Gasteiger partial charge is 0.291 e. The first-order chi connectivity index (χ1) is 13.5. The van der Waals surface area contributed by atoms with Crippen molar-refractivity contribution in [2.75, 3.05) is 19.6 Å². The summed E-state index contributed by atoms with van der Waals surface area (Å²) in [6.07, 6.45) is 4.73. The van der Waals surface area contributed by atoms with E-state index in [0.29, 0.717) is 49.3 Å². The van der Waals surface area contributed by atoms with Gasteiger partial charge in [-0.25, -0.2) is 4.98 Å². The fourth-order valence-electron chi connectivity index (χ4n) is 4.48. The number of piperidine rings is 2. The molecule has 2 atom stereocenters. The van der Waals surface area contributed by atoms with Gasteiger partial charge >= 0.3 is 0 Å². The second kappa shape index (κ2) is 7.73. The summed E-state index contributed by atoms with van der Waals surface area (Å²) in [5, 5.41) is 0. The maximum Gasteiger partial charge on any atom is 0.291 e. The van der Waals surface area contributed by atoms with Crippen LogP contribution in [0.5, 0.6) is 0 Å². The average molecular weight is 382 g/mol. The van der Waals surface area contributed by atoms with Crippen LogP contribution in [0.2, 0.25) is 0 Å². The number of carbonyl (C=O) groups excluding carboxylic acids is 2. The second-order valence-electron chi connectivity index (χ2n) is 7.71. The van der Waals surface area contributed by atoms with Crippen molar-refractivity contribution in [3.8, 4) is 0 Å². The lowest BCUT2D eigenvalue weighted by molar-refractivity contribution is -0.140. The Labute approximate surface area is 164 Å². The monoisotopic (exact) mass is 382 g/mol. The molecule has 0 aromatic carbocycles. The van der Waals surface area contributed by atoms with Gasteiger partial charge < -0.3 is 14.2 Å². The van der Waals surface area contributed by atoms with Crippen molar-refractivity contribution in [2.24, 2.45) is 5.92 Å². The first kappa shape index (κ1) is 18.7. The van der Waals surface area contributed by atoms with Gasteiger partial charge in [0.05, 0.1) is 5.69 Å². The molecule has 148 valence electrons. The summed E-state index contributed by atoms with van der Waals surface area (Å²) in [6, 6.07) is 6.07. The fourth-order valence-corrected chi connectivity index (χ4v) is 4.48. The molecule has 2 fully saturated rings. The van der Waals surface area contributed by atoms with Crippen molar-refractivity contribution in [3.63, 3.8) is 0 Å². The molecule has 0 spiro atoms. The Morgan fingerprint density at radius 1 is 1.29 bits per heavy atom. The summed E-state index contributed by atoms with van der Waals surface area (Å²) in [7, 11) is 0. The van der Waals surface area contributed by atoms with E-state index in [9.17, 15) is 9.59 Å². The number of aryl methyl sites for hydroxylation is 2. The summed E-state index contributed by atoms with van der Waals surface area (Å²) in [4.78, 5) is 37.9. The minimum absolute atomic E-state index is 0.0894. The van der Waals surface area contributed by atoms with E-state index >= 15 is 0 Å². The fraction of sp³-hybridized carbons (Fsp3) is 0.524. The van der Waals surface area contributed by atoms with Crippen LogP contribution < -0.4 is 0 Å². The molecule has 2 aromatic heterocycles. The Kier molecular flexibility index (Phi) is 5.15. The van der Waals surface area contributed by atoms with E-state index in [2.05, 4.69) is 9.97 Å². The van der Waals surface area contributed by atoms with Gasteiger partial charge in [-0.1, -0.05) is 6.07 Å². The van der Waals surface area contributed by atoms with Crippen LogP contribution in [-0.4, -0.2) is 57.3 Å². The van der Waals surface area contributed by atoms with Crippen LogP contribution in [0.15, 0.2) is 28.8 Å². The van der Waals surface area contributed by atoms with Crippen molar-refractivity contribution < 1.29 is 14.0 Å². The lowest BCUT2D eigenvalue weighted by atomic mass is 9.83. The van der Waals surface area contributed by atoms with Crippen LogP contribution in [0.1, 0.15) is 47.1 Å². The molecule has 2 aliphatic heterocycles. The molecule has 2 amide bonds. The zero-order valence-electron chi connectivity index (χ0n) is 16.4. The van der Waals surface area contributed by atoms with Gasteiger partial charge in [-0.05, 0) is 37.8 Å². The van der Waals surface area contributed by atoms with Gasteiger partial charge in [0.15, 0.2) is 5.89 Å². The molecule has 0 unspecified atom stereocenters.